The fraction of sp³-hybridized carbons (Fsp3) is 0.444. The van der Waals surface area contributed by atoms with Gasteiger partial charge in [-0.1, -0.05) is 12.1 Å². The molecule has 2 amide bonds. The molecule has 1 saturated heterocycles. The third kappa shape index (κ3) is 5.39. The van der Waals surface area contributed by atoms with Crippen molar-refractivity contribution in [2.24, 2.45) is 0 Å². The van der Waals surface area contributed by atoms with E-state index in [4.69, 9.17) is 0 Å². The average molecular weight is 425 g/mol. The van der Waals surface area contributed by atoms with Gasteiger partial charge in [0, 0.05) is 11.7 Å². The Morgan fingerprint density at radius 3 is 2.14 bits per heavy atom. The van der Waals surface area contributed by atoms with Gasteiger partial charge < -0.3 is 26.0 Å². The van der Waals surface area contributed by atoms with Crippen molar-refractivity contribution in [3.8, 4) is 5.75 Å². The first-order chi connectivity index (χ1) is 13.4. The number of thioether (sulfide) groups is 1. The summed E-state index contributed by atoms with van der Waals surface area (Å²) >= 11 is 1.10. The van der Waals surface area contributed by atoms with Crippen molar-refractivity contribution in [3.63, 3.8) is 0 Å². The van der Waals surface area contributed by atoms with Crippen LogP contribution in [0, 0.1) is 0 Å². The molecule has 158 valence electrons. The minimum absolute atomic E-state index is 0.0346. The standard InChI is InChI=1S/C18H23N3O7S/c1-8(22)19-11(9-4-6-10(23)7-5-9)14(24)20-12(16(25)26)15-21-13(17(27)28)18(2,3)29-15/h4-7,11-13,15,21,23H,1-3H3,(H,19,22)(H,20,24)(H,25,26)(H,27,28)/t11-,12+,13-,15+/m1/s1. The number of nitrogens with one attached hydrogen (secondary N) is 3. The summed E-state index contributed by atoms with van der Waals surface area (Å²) in [5, 5.41) is 35.0. The summed E-state index contributed by atoms with van der Waals surface area (Å²) in [5.41, 5.74) is 0.343. The van der Waals surface area contributed by atoms with Crippen LogP contribution in [0.5, 0.6) is 5.75 Å². The summed E-state index contributed by atoms with van der Waals surface area (Å²) in [4.78, 5) is 47.6. The fourth-order valence-electron chi connectivity index (χ4n) is 3.00. The second-order valence-electron chi connectivity index (χ2n) is 7.13. The molecule has 1 aromatic rings. The van der Waals surface area contributed by atoms with E-state index in [1.165, 1.54) is 31.2 Å². The number of benzene rings is 1. The number of carboxylic acid groups (broad SMARTS) is 2. The number of carboxylic acids is 2. The average Bonchev–Trinajstić information content (AvgIpc) is 2.93. The second kappa shape index (κ2) is 8.70. The lowest BCUT2D eigenvalue weighted by Gasteiger charge is -2.25. The van der Waals surface area contributed by atoms with E-state index in [1.54, 1.807) is 13.8 Å². The largest absolute Gasteiger partial charge is 0.508 e. The molecule has 0 saturated carbocycles. The van der Waals surface area contributed by atoms with Gasteiger partial charge in [-0.3, -0.25) is 19.7 Å². The molecule has 0 aromatic heterocycles. The van der Waals surface area contributed by atoms with E-state index >= 15 is 0 Å². The maximum atomic E-state index is 12.8. The molecule has 1 aliphatic heterocycles. The molecule has 0 bridgehead atoms. The lowest BCUT2D eigenvalue weighted by atomic mass is 10.0. The van der Waals surface area contributed by atoms with Crippen molar-refractivity contribution in [2.75, 3.05) is 0 Å². The van der Waals surface area contributed by atoms with Crippen LogP contribution in [-0.2, 0) is 19.2 Å². The Hall–Kier alpha value is -2.79. The van der Waals surface area contributed by atoms with Crippen molar-refractivity contribution in [3.05, 3.63) is 29.8 Å². The zero-order chi connectivity index (χ0) is 21.9. The summed E-state index contributed by atoms with van der Waals surface area (Å²) in [6.07, 6.45) is 0. The van der Waals surface area contributed by atoms with Crippen LogP contribution in [0.1, 0.15) is 32.4 Å². The highest BCUT2D eigenvalue weighted by Crippen LogP contribution is 2.39. The molecule has 1 aromatic carbocycles. The molecule has 0 unspecified atom stereocenters. The van der Waals surface area contributed by atoms with Gasteiger partial charge in [-0.05, 0) is 31.5 Å². The molecule has 29 heavy (non-hydrogen) atoms. The van der Waals surface area contributed by atoms with E-state index < -0.39 is 52.0 Å². The molecule has 2 rings (SSSR count). The van der Waals surface area contributed by atoms with Crippen molar-refractivity contribution in [2.45, 2.75) is 49.0 Å². The van der Waals surface area contributed by atoms with Crippen LogP contribution in [-0.4, -0.2) is 61.3 Å². The highest BCUT2D eigenvalue weighted by atomic mass is 32.2. The van der Waals surface area contributed by atoms with Crippen molar-refractivity contribution < 1.29 is 34.5 Å². The number of carbonyl (C=O) groups excluding carboxylic acids is 2. The van der Waals surface area contributed by atoms with Crippen molar-refractivity contribution >= 4 is 35.5 Å². The van der Waals surface area contributed by atoms with E-state index in [0.717, 1.165) is 11.8 Å². The van der Waals surface area contributed by atoms with Crippen LogP contribution in [0.4, 0.5) is 0 Å². The first-order valence-electron chi connectivity index (χ1n) is 8.68. The summed E-state index contributed by atoms with van der Waals surface area (Å²) in [6.45, 7) is 4.55. The summed E-state index contributed by atoms with van der Waals surface area (Å²) < 4.78 is -0.803. The number of phenolic OH excluding ortho intramolecular Hbond substituents is 1. The molecule has 0 aliphatic carbocycles. The maximum Gasteiger partial charge on any atom is 0.328 e. The first-order valence-corrected chi connectivity index (χ1v) is 9.56. The molecular weight excluding hydrogens is 402 g/mol. The van der Waals surface area contributed by atoms with Gasteiger partial charge in [-0.2, -0.15) is 0 Å². The molecule has 0 spiro atoms. The summed E-state index contributed by atoms with van der Waals surface area (Å²) in [6, 6.07) is 1.89. The van der Waals surface area contributed by atoms with E-state index in [1.807, 2.05) is 0 Å². The highest BCUT2D eigenvalue weighted by Gasteiger charge is 2.49. The highest BCUT2D eigenvalue weighted by molar-refractivity contribution is 8.01. The predicted molar refractivity (Wildman–Crippen MR) is 104 cm³/mol. The number of aromatic hydroxyl groups is 1. The molecule has 10 nitrogen and oxygen atoms in total. The summed E-state index contributed by atoms with van der Waals surface area (Å²) in [7, 11) is 0. The van der Waals surface area contributed by atoms with E-state index in [2.05, 4.69) is 16.0 Å². The van der Waals surface area contributed by atoms with Gasteiger partial charge >= 0.3 is 11.9 Å². The van der Waals surface area contributed by atoms with Gasteiger partial charge in [0.05, 0.1) is 5.37 Å². The van der Waals surface area contributed by atoms with Crippen LogP contribution in [0.2, 0.25) is 0 Å². The Kier molecular flexibility index (Phi) is 6.75. The van der Waals surface area contributed by atoms with Gasteiger partial charge in [0.15, 0.2) is 6.04 Å². The smallest absolute Gasteiger partial charge is 0.328 e. The van der Waals surface area contributed by atoms with Crippen LogP contribution >= 0.6 is 11.8 Å². The Morgan fingerprint density at radius 1 is 1.10 bits per heavy atom. The van der Waals surface area contributed by atoms with Crippen molar-refractivity contribution in [1.29, 1.82) is 0 Å². The molecule has 1 fully saturated rings. The lowest BCUT2D eigenvalue weighted by molar-refractivity contribution is -0.143. The van der Waals surface area contributed by atoms with Crippen LogP contribution < -0.4 is 16.0 Å². The Morgan fingerprint density at radius 2 is 1.69 bits per heavy atom. The number of phenols is 1. The van der Waals surface area contributed by atoms with E-state index in [9.17, 15) is 34.5 Å². The Balaban J connectivity index is 2.24. The van der Waals surface area contributed by atoms with Crippen molar-refractivity contribution in [1.82, 2.24) is 16.0 Å². The number of hydrogen-bond acceptors (Lipinski definition) is 7. The number of aliphatic carboxylic acids is 2. The minimum Gasteiger partial charge on any atom is -0.508 e. The number of amides is 2. The topological polar surface area (TPSA) is 165 Å². The molecule has 1 aliphatic rings. The first kappa shape index (κ1) is 22.5. The second-order valence-corrected chi connectivity index (χ2v) is 8.93. The number of carbonyl (C=O) groups is 4. The van der Waals surface area contributed by atoms with Gasteiger partial charge in [0.2, 0.25) is 11.8 Å². The van der Waals surface area contributed by atoms with Crippen LogP contribution in [0.3, 0.4) is 0 Å². The van der Waals surface area contributed by atoms with Gasteiger partial charge in [-0.15, -0.1) is 11.8 Å². The van der Waals surface area contributed by atoms with Gasteiger partial charge in [0.1, 0.15) is 17.8 Å². The van der Waals surface area contributed by atoms with Gasteiger partial charge in [0.25, 0.3) is 0 Å². The number of rotatable bonds is 7. The lowest BCUT2D eigenvalue weighted by Crippen LogP contribution is -2.55. The number of hydrogen-bond donors (Lipinski definition) is 6. The quantitative estimate of drug-likeness (QED) is 0.353. The minimum atomic E-state index is -1.44. The molecule has 0 radical (unpaired) electrons. The molecular formula is C18H23N3O7S. The predicted octanol–water partition coefficient (Wildman–Crippen LogP) is 0.0331. The van der Waals surface area contributed by atoms with Crippen LogP contribution in [0.15, 0.2) is 24.3 Å². The van der Waals surface area contributed by atoms with E-state index in [-0.39, 0.29) is 5.75 Å². The zero-order valence-electron chi connectivity index (χ0n) is 16.0. The van der Waals surface area contributed by atoms with E-state index in [0.29, 0.717) is 5.56 Å². The molecule has 11 heteroatoms. The normalized spacial score (nSPS) is 22.3. The van der Waals surface area contributed by atoms with Gasteiger partial charge in [-0.25, -0.2) is 4.79 Å². The molecule has 1 heterocycles. The zero-order valence-corrected chi connectivity index (χ0v) is 16.8. The summed E-state index contributed by atoms with van der Waals surface area (Å²) in [5.74, 6) is -3.80. The Labute approximate surface area is 171 Å². The Bertz CT molecular complexity index is 812. The SMILES string of the molecule is CC(=O)N[C@@H](C(=O)N[C@H](C(=O)O)[C@H]1N[C@H](C(=O)O)C(C)(C)S1)c1ccc(O)cc1. The molecule has 4 atom stereocenters. The maximum absolute atomic E-state index is 12.8. The fourth-order valence-corrected chi connectivity index (χ4v) is 4.49. The third-order valence-corrected chi connectivity index (χ3v) is 5.91. The third-order valence-electron chi connectivity index (χ3n) is 4.41. The molecule has 6 N–H and O–H groups in total. The van der Waals surface area contributed by atoms with Crippen LogP contribution in [0.25, 0.3) is 0 Å². The monoisotopic (exact) mass is 425 g/mol.